The largest absolute Gasteiger partial charge is 0.507 e. The van der Waals surface area contributed by atoms with Crippen LogP contribution in [0.4, 0.5) is 0 Å². The third-order valence-electron chi connectivity index (χ3n) is 10.9. The van der Waals surface area contributed by atoms with E-state index in [-0.39, 0.29) is 59.7 Å². The maximum absolute atomic E-state index is 14.1. The third kappa shape index (κ3) is 6.74. The molecule has 7 rings (SSSR count). The summed E-state index contributed by atoms with van der Waals surface area (Å²) in [7, 11) is 2.85. The fourth-order valence-electron chi connectivity index (χ4n) is 8.32. The first-order valence-corrected chi connectivity index (χ1v) is 18.1. The van der Waals surface area contributed by atoms with Gasteiger partial charge in [-0.05, 0) is 18.9 Å². The summed E-state index contributed by atoms with van der Waals surface area (Å²) in [6.07, 6.45) is -0.225. The summed E-state index contributed by atoms with van der Waals surface area (Å²) in [4.78, 5) is 67.2. The van der Waals surface area contributed by atoms with E-state index in [9.17, 15) is 39.3 Å². The van der Waals surface area contributed by atoms with Crippen LogP contribution in [0.15, 0.2) is 18.2 Å². The minimum atomic E-state index is -2.30. The molecular weight excluding hydrogens is 736 g/mol. The van der Waals surface area contributed by atoms with Crippen molar-refractivity contribution >= 4 is 29.3 Å². The zero-order valence-electron chi connectivity index (χ0n) is 30.8. The van der Waals surface area contributed by atoms with Gasteiger partial charge in [-0.15, -0.1) is 6.42 Å². The van der Waals surface area contributed by atoms with E-state index < -0.39 is 108 Å². The van der Waals surface area contributed by atoms with Crippen molar-refractivity contribution in [2.24, 2.45) is 0 Å². The Morgan fingerprint density at radius 2 is 1.79 bits per heavy atom. The van der Waals surface area contributed by atoms with Gasteiger partial charge in [-0.1, -0.05) is 12.1 Å². The van der Waals surface area contributed by atoms with E-state index in [1.807, 2.05) is 12.8 Å². The highest BCUT2D eigenvalue weighted by Crippen LogP contribution is 2.53. The number of aromatic hydroxyl groups is 2. The molecule has 0 saturated carbocycles. The van der Waals surface area contributed by atoms with Crippen molar-refractivity contribution in [3.05, 3.63) is 51.6 Å². The van der Waals surface area contributed by atoms with Gasteiger partial charge in [0.25, 0.3) is 11.8 Å². The zero-order chi connectivity index (χ0) is 40.1. The number of methoxy groups -OCH3 is 2. The van der Waals surface area contributed by atoms with Gasteiger partial charge in [0.1, 0.15) is 29.0 Å². The number of nitrogens with zero attached hydrogens (tertiary/aromatic N) is 1. The number of phenolic OH excluding ortho intramolecular Hbond substituents is 2. The number of aliphatic hydroxyl groups is 1. The molecule has 0 unspecified atom stereocenters. The maximum Gasteiger partial charge on any atom is 0.296 e. The summed E-state index contributed by atoms with van der Waals surface area (Å²) < 4.78 is 35.7. The number of terminal acetylenes is 1. The lowest BCUT2D eigenvalue weighted by Gasteiger charge is -2.43. The third-order valence-corrected chi connectivity index (χ3v) is 10.9. The summed E-state index contributed by atoms with van der Waals surface area (Å²) in [6.45, 7) is 2.11. The van der Waals surface area contributed by atoms with Gasteiger partial charge in [-0.3, -0.25) is 28.9 Å². The minimum Gasteiger partial charge on any atom is -0.507 e. The van der Waals surface area contributed by atoms with Crippen molar-refractivity contribution < 1.29 is 67.7 Å². The molecule has 8 atom stereocenters. The van der Waals surface area contributed by atoms with Crippen molar-refractivity contribution in [3.63, 3.8) is 0 Å². The fraction of sp³-hybridized carbons (Fsp3) is 0.500. The highest BCUT2D eigenvalue weighted by molar-refractivity contribution is 6.31. The first kappa shape index (κ1) is 39.1. The Kier molecular flexibility index (Phi) is 10.8. The lowest BCUT2D eigenvalue weighted by molar-refractivity contribution is -0.256. The van der Waals surface area contributed by atoms with Crippen LogP contribution in [0.25, 0.3) is 0 Å². The van der Waals surface area contributed by atoms with Crippen LogP contribution in [0.1, 0.15) is 68.8 Å². The molecule has 2 aliphatic carbocycles. The quantitative estimate of drug-likeness (QED) is 0.0834. The molecule has 0 radical (unpaired) electrons. The first-order valence-electron chi connectivity index (χ1n) is 18.1. The molecule has 6 N–H and O–H groups in total. The molecule has 3 heterocycles. The molecule has 3 amide bonds. The number of carbonyl (C=O) groups excluding carboxylic acids is 5. The Hall–Kier alpha value is -5.13. The normalized spacial score (nSPS) is 29.1. The molecule has 0 spiro atoms. The molecule has 56 heavy (non-hydrogen) atoms. The van der Waals surface area contributed by atoms with Crippen LogP contribution in [-0.2, 0) is 44.5 Å². The highest BCUT2D eigenvalue weighted by atomic mass is 16.7. The number of hydrogen-bond donors (Lipinski definition) is 6. The number of benzene rings is 2. The standard InChI is InChI=1S/C38H42N4O14/c1-5-23(43)41-16-24(44)39-9-10-40-37(49)38(50)14-19-27(33(48)29-28(31(19)46)30(45)18-7-6-8-21(51-3)26(18)32(29)47)22(15-38)55-25-13-20-34(17(2)54-25)56-35-36(52-4)53-12-11-42(20)35/h1,6-8,17,20,22,25,34-36,46,48,50H,9-16H2,2-4H3,(H,39,44)(H,40,49)(H,41,43)/t17-,20-,22-,25-,34+,35+,36-,38-/m0/s1. The molecule has 0 bridgehead atoms. The number of hydrogen-bond acceptors (Lipinski definition) is 15. The van der Waals surface area contributed by atoms with Crippen LogP contribution in [0.2, 0.25) is 0 Å². The van der Waals surface area contributed by atoms with Gasteiger partial charge in [-0.2, -0.15) is 0 Å². The Morgan fingerprint density at radius 1 is 1.04 bits per heavy atom. The van der Waals surface area contributed by atoms with E-state index >= 15 is 0 Å². The van der Waals surface area contributed by atoms with Gasteiger partial charge in [-0.25, -0.2) is 0 Å². The lowest BCUT2D eigenvalue weighted by atomic mass is 9.72. The Morgan fingerprint density at radius 3 is 2.52 bits per heavy atom. The SMILES string of the molecule is C#CC(=O)NCC(=O)NCCNC(=O)[C@]1(O)Cc2c(O)c3c(c(O)c2[C@@H](O[C@H]2C[C@H]4[C@H](O[C@@H]5[C@@H](OC)OCCN54)[C@H](C)O2)C1)C(=O)c1c(OC)cccc1C3=O. The monoisotopic (exact) mass is 778 g/mol. The molecule has 18 heteroatoms. The van der Waals surface area contributed by atoms with Crippen molar-refractivity contribution in [3.8, 4) is 29.6 Å². The summed E-state index contributed by atoms with van der Waals surface area (Å²) in [6, 6.07) is 4.17. The number of carbonyl (C=O) groups is 5. The van der Waals surface area contributed by atoms with Crippen LogP contribution in [0.3, 0.4) is 0 Å². The summed E-state index contributed by atoms with van der Waals surface area (Å²) in [5.74, 6) is -3.27. The number of ketones is 2. The second-order valence-electron chi connectivity index (χ2n) is 14.1. The number of fused-ring (bicyclic) bond motifs is 6. The van der Waals surface area contributed by atoms with Crippen LogP contribution < -0.4 is 20.7 Å². The van der Waals surface area contributed by atoms with Crippen LogP contribution in [-0.4, -0.2) is 139 Å². The molecule has 2 aromatic rings. The molecule has 5 aliphatic rings. The minimum absolute atomic E-state index is 0.0657. The number of phenols is 2. The molecule has 3 aliphatic heterocycles. The smallest absolute Gasteiger partial charge is 0.296 e. The van der Waals surface area contributed by atoms with Crippen molar-refractivity contribution in [1.29, 1.82) is 0 Å². The van der Waals surface area contributed by atoms with E-state index in [2.05, 4.69) is 20.9 Å². The number of amides is 3. The second-order valence-corrected chi connectivity index (χ2v) is 14.1. The number of rotatable bonds is 10. The van der Waals surface area contributed by atoms with E-state index in [0.717, 1.165) is 0 Å². The highest BCUT2D eigenvalue weighted by Gasteiger charge is 2.55. The molecule has 0 aromatic heterocycles. The van der Waals surface area contributed by atoms with Crippen LogP contribution >= 0.6 is 0 Å². The van der Waals surface area contributed by atoms with Gasteiger partial charge in [0, 0.05) is 68.7 Å². The van der Waals surface area contributed by atoms with Crippen LogP contribution in [0, 0.1) is 12.3 Å². The predicted molar refractivity (Wildman–Crippen MR) is 189 cm³/mol. The van der Waals surface area contributed by atoms with Gasteiger partial charge in [0.2, 0.25) is 11.7 Å². The van der Waals surface area contributed by atoms with E-state index in [4.69, 9.17) is 34.8 Å². The summed E-state index contributed by atoms with van der Waals surface area (Å²) in [5, 5.41) is 43.1. The average Bonchev–Trinajstić information content (AvgIpc) is 3.57. The Bertz CT molecular complexity index is 2020. The van der Waals surface area contributed by atoms with Gasteiger partial charge in [0.15, 0.2) is 24.6 Å². The molecule has 2 aromatic carbocycles. The Labute approximate surface area is 320 Å². The van der Waals surface area contributed by atoms with Gasteiger partial charge < -0.3 is 59.7 Å². The maximum atomic E-state index is 14.1. The van der Waals surface area contributed by atoms with Gasteiger partial charge in [0.05, 0.1) is 49.2 Å². The van der Waals surface area contributed by atoms with Crippen molar-refractivity contribution in [2.75, 3.05) is 47.0 Å². The van der Waals surface area contributed by atoms with E-state index in [0.29, 0.717) is 13.2 Å². The topological polar surface area (TPSA) is 241 Å². The predicted octanol–water partition coefficient (Wildman–Crippen LogP) is -0.868. The van der Waals surface area contributed by atoms with E-state index in [1.54, 1.807) is 0 Å². The summed E-state index contributed by atoms with van der Waals surface area (Å²) in [5.41, 5.74) is -3.69. The second kappa shape index (κ2) is 15.4. The number of ether oxygens (including phenoxy) is 6. The number of nitrogens with one attached hydrogen (secondary N) is 3. The van der Waals surface area contributed by atoms with Crippen molar-refractivity contribution in [1.82, 2.24) is 20.9 Å². The van der Waals surface area contributed by atoms with Crippen LogP contribution in [0.5, 0.6) is 17.2 Å². The average molecular weight is 779 g/mol. The fourth-order valence-corrected chi connectivity index (χ4v) is 8.32. The molecular formula is C38H42N4O14. The lowest BCUT2D eigenvalue weighted by Crippen LogP contribution is -2.55. The molecule has 3 saturated heterocycles. The molecule has 18 nitrogen and oxygen atoms in total. The van der Waals surface area contributed by atoms with Gasteiger partial charge >= 0.3 is 0 Å². The molecule has 3 fully saturated rings. The molecule has 298 valence electrons. The van der Waals surface area contributed by atoms with Crippen molar-refractivity contribution in [2.45, 2.75) is 74.9 Å². The Balaban J connectivity index is 1.20. The van der Waals surface area contributed by atoms with E-state index in [1.165, 1.54) is 32.4 Å². The zero-order valence-corrected chi connectivity index (χ0v) is 30.8. The first-order chi connectivity index (χ1) is 26.8. The summed E-state index contributed by atoms with van der Waals surface area (Å²) >= 11 is 0. The number of morpholine rings is 1.